The quantitative estimate of drug-likeness (QED) is 0.633. The standard InChI is InChI=1S/C7H13NO.C2H6.CH5N/c1-7-2-4-8(6-9)5-3-7;2*1-2/h6-7H,2-5H2,1H3;1-2H3;2H2,1H3. The van der Waals surface area contributed by atoms with Gasteiger partial charge < -0.3 is 10.6 Å². The molecule has 1 aliphatic rings. The maximum Gasteiger partial charge on any atom is 0.209 e. The van der Waals surface area contributed by atoms with Gasteiger partial charge in [0.25, 0.3) is 0 Å². The molecule has 13 heavy (non-hydrogen) atoms. The molecule has 1 saturated heterocycles. The molecule has 0 aromatic carbocycles. The zero-order valence-electron chi connectivity index (χ0n) is 9.42. The van der Waals surface area contributed by atoms with E-state index in [9.17, 15) is 4.79 Å². The summed E-state index contributed by atoms with van der Waals surface area (Å²) < 4.78 is 0. The molecule has 3 heteroatoms. The minimum absolute atomic E-state index is 0.821. The van der Waals surface area contributed by atoms with Crippen LogP contribution in [0.15, 0.2) is 0 Å². The van der Waals surface area contributed by atoms with Crippen molar-refractivity contribution >= 4 is 6.41 Å². The molecule has 0 spiro atoms. The zero-order chi connectivity index (χ0) is 10.7. The van der Waals surface area contributed by atoms with Gasteiger partial charge in [0.1, 0.15) is 0 Å². The molecule has 0 aromatic rings. The van der Waals surface area contributed by atoms with Crippen LogP contribution in [0.4, 0.5) is 0 Å². The minimum atomic E-state index is 0.821. The summed E-state index contributed by atoms with van der Waals surface area (Å²) in [5, 5.41) is 0. The van der Waals surface area contributed by atoms with Crippen molar-refractivity contribution in [1.82, 2.24) is 4.90 Å². The molecule has 0 aliphatic carbocycles. The first-order valence-corrected chi connectivity index (χ1v) is 5.10. The first kappa shape index (κ1) is 14.9. The van der Waals surface area contributed by atoms with Crippen LogP contribution in [-0.2, 0) is 4.79 Å². The Hall–Kier alpha value is -0.570. The van der Waals surface area contributed by atoms with Crippen LogP contribution in [0.25, 0.3) is 0 Å². The van der Waals surface area contributed by atoms with Gasteiger partial charge in [-0.25, -0.2) is 0 Å². The van der Waals surface area contributed by atoms with Crippen LogP contribution in [0.5, 0.6) is 0 Å². The van der Waals surface area contributed by atoms with Gasteiger partial charge in [0, 0.05) is 13.1 Å². The molecule has 80 valence electrons. The number of likely N-dealkylation sites (tertiary alicyclic amines) is 1. The van der Waals surface area contributed by atoms with Crippen LogP contribution in [0, 0.1) is 5.92 Å². The molecule has 1 heterocycles. The summed E-state index contributed by atoms with van der Waals surface area (Å²) in [4.78, 5) is 12.0. The minimum Gasteiger partial charge on any atom is -0.345 e. The van der Waals surface area contributed by atoms with E-state index >= 15 is 0 Å². The highest BCUT2D eigenvalue weighted by Crippen LogP contribution is 2.13. The average molecular weight is 188 g/mol. The van der Waals surface area contributed by atoms with E-state index in [4.69, 9.17) is 0 Å². The molecule has 1 rings (SSSR count). The van der Waals surface area contributed by atoms with E-state index in [1.165, 1.54) is 19.9 Å². The monoisotopic (exact) mass is 188 g/mol. The molecule has 1 fully saturated rings. The van der Waals surface area contributed by atoms with Gasteiger partial charge in [0.05, 0.1) is 0 Å². The number of carbonyl (C=O) groups is 1. The lowest BCUT2D eigenvalue weighted by molar-refractivity contribution is -0.119. The lowest BCUT2D eigenvalue weighted by Crippen LogP contribution is -2.31. The third-order valence-corrected chi connectivity index (χ3v) is 1.97. The number of hydrogen-bond acceptors (Lipinski definition) is 2. The molecule has 0 saturated carbocycles. The lowest BCUT2D eigenvalue weighted by atomic mass is 10.00. The lowest BCUT2D eigenvalue weighted by Gasteiger charge is -2.26. The van der Waals surface area contributed by atoms with Crippen molar-refractivity contribution in [3.63, 3.8) is 0 Å². The summed E-state index contributed by atoms with van der Waals surface area (Å²) in [6.07, 6.45) is 3.31. The fraction of sp³-hybridized carbons (Fsp3) is 0.900. The molecule has 0 aromatic heterocycles. The smallest absolute Gasteiger partial charge is 0.209 e. The SMILES string of the molecule is CC.CC1CCN(C=O)CC1.CN. The van der Waals surface area contributed by atoms with E-state index in [1.54, 1.807) is 0 Å². The van der Waals surface area contributed by atoms with Gasteiger partial charge >= 0.3 is 0 Å². The number of rotatable bonds is 1. The van der Waals surface area contributed by atoms with Crippen LogP contribution in [0.2, 0.25) is 0 Å². The summed E-state index contributed by atoms with van der Waals surface area (Å²) in [6.45, 7) is 8.16. The Bertz CT molecular complexity index is 99.1. The highest BCUT2D eigenvalue weighted by molar-refractivity contribution is 5.46. The van der Waals surface area contributed by atoms with Crippen LogP contribution >= 0.6 is 0 Å². The highest BCUT2D eigenvalue weighted by Gasteiger charge is 2.12. The number of nitrogens with two attached hydrogens (primary N) is 1. The van der Waals surface area contributed by atoms with E-state index in [-0.39, 0.29) is 0 Å². The van der Waals surface area contributed by atoms with E-state index in [2.05, 4.69) is 12.7 Å². The van der Waals surface area contributed by atoms with Crippen molar-refractivity contribution in [1.29, 1.82) is 0 Å². The van der Waals surface area contributed by atoms with E-state index < -0.39 is 0 Å². The van der Waals surface area contributed by atoms with Crippen LogP contribution in [0.1, 0.15) is 33.6 Å². The second-order valence-electron chi connectivity index (χ2n) is 2.82. The van der Waals surface area contributed by atoms with Crippen molar-refractivity contribution in [2.24, 2.45) is 11.7 Å². The predicted octanol–water partition coefficient (Wildman–Crippen LogP) is 1.48. The first-order valence-electron chi connectivity index (χ1n) is 5.10. The molecule has 0 radical (unpaired) electrons. The normalized spacial score (nSPS) is 16.2. The average Bonchev–Trinajstić information content (AvgIpc) is 2.25. The van der Waals surface area contributed by atoms with Crippen molar-refractivity contribution in [3.05, 3.63) is 0 Å². The molecule has 1 amide bonds. The molecule has 3 nitrogen and oxygen atoms in total. The van der Waals surface area contributed by atoms with Crippen molar-refractivity contribution < 1.29 is 4.79 Å². The Morgan fingerprint density at radius 2 is 1.62 bits per heavy atom. The molecular formula is C10H24N2O. The van der Waals surface area contributed by atoms with Crippen molar-refractivity contribution in [2.75, 3.05) is 20.1 Å². The van der Waals surface area contributed by atoms with Gasteiger partial charge in [-0.15, -0.1) is 0 Å². The maximum absolute atomic E-state index is 10.2. The third-order valence-electron chi connectivity index (χ3n) is 1.97. The Balaban J connectivity index is 0. The fourth-order valence-corrected chi connectivity index (χ4v) is 1.13. The van der Waals surface area contributed by atoms with Crippen molar-refractivity contribution in [2.45, 2.75) is 33.6 Å². The van der Waals surface area contributed by atoms with Gasteiger partial charge in [0.2, 0.25) is 6.41 Å². The van der Waals surface area contributed by atoms with E-state index in [0.29, 0.717) is 0 Å². The van der Waals surface area contributed by atoms with E-state index in [1.807, 2.05) is 18.7 Å². The Morgan fingerprint density at radius 1 is 1.23 bits per heavy atom. The second-order valence-corrected chi connectivity index (χ2v) is 2.82. The number of piperidine rings is 1. The maximum atomic E-state index is 10.2. The van der Waals surface area contributed by atoms with Gasteiger partial charge in [-0.1, -0.05) is 20.8 Å². The summed E-state index contributed by atoms with van der Waals surface area (Å²) >= 11 is 0. The number of carbonyl (C=O) groups excluding carboxylic acids is 1. The second kappa shape index (κ2) is 11.4. The molecule has 1 aliphatic heterocycles. The summed E-state index contributed by atoms with van der Waals surface area (Å²) in [7, 11) is 1.50. The number of hydrogen-bond donors (Lipinski definition) is 1. The Morgan fingerprint density at radius 3 is 1.92 bits per heavy atom. The van der Waals surface area contributed by atoms with Gasteiger partial charge in [-0.2, -0.15) is 0 Å². The third kappa shape index (κ3) is 7.78. The molecule has 0 unspecified atom stereocenters. The van der Waals surface area contributed by atoms with Gasteiger partial charge in [-0.05, 0) is 25.8 Å². The summed E-state index contributed by atoms with van der Waals surface area (Å²) in [5.74, 6) is 0.821. The molecule has 0 bridgehead atoms. The Labute approximate surface area is 82.3 Å². The molecular weight excluding hydrogens is 164 g/mol. The van der Waals surface area contributed by atoms with E-state index in [0.717, 1.165) is 25.4 Å². The van der Waals surface area contributed by atoms with Crippen molar-refractivity contribution in [3.8, 4) is 0 Å². The van der Waals surface area contributed by atoms with Gasteiger partial charge in [-0.3, -0.25) is 4.79 Å². The van der Waals surface area contributed by atoms with Crippen LogP contribution in [0.3, 0.4) is 0 Å². The number of nitrogens with zero attached hydrogens (tertiary/aromatic N) is 1. The fourth-order valence-electron chi connectivity index (χ4n) is 1.13. The Kier molecular flexibility index (Phi) is 13.1. The summed E-state index contributed by atoms with van der Waals surface area (Å²) in [5.41, 5.74) is 4.50. The first-order chi connectivity index (χ1) is 6.33. The van der Waals surface area contributed by atoms with Gasteiger partial charge in [0.15, 0.2) is 0 Å². The predicted molar refractivity (Wildman–Crippen MR) is 57.5 cm³/mol. The largest absolute Gasteiger partial charge is 0.345 e. The molecule has 0 atom stereocenters. The summed E-state index contributed by atoms with van der Waals surface area (Å²) in [6, 6.07) is 0. The molecule has 2 N–H and O–H groups in total. The number of amides is 1. The van der Waals surface area contributed by atoms with Crippen LogP contribution in [-0.4, -0.2) is 31.4 Å². The van der Waals surface area contributed by atoms with Crippen LogP contribution < -0.4 is 5.73 Å². The zero-order valence-corrected chi connectivity index (χ0v) is 9.42. The topological polar surface area (TPSA) is 46.3 Å². The highest BCUT2D eigenvalue weighted by atomic mass is 16.1.